The third-order valence-electron chi connectivity index (χ3n) is 10.5. The number of H-pyrrole nitrogens is 1. The SMILES string of the molecule is C[C@](Cc1c[nH]c2ccccc12)(NC(=O)OC1C2CC3CC(C2)CC1C3)C(=O)N[C@H]1C[C@@H]2CC[C@H]1C2. The predicted octanol–water partition coefficient (Wildman–Crippen LogP) is 5.32. The van der Waals surface area contributed by atoms with Crippen molar-refractivity contribution in [3.05, 3.63) is 36.0 Å². The fraction of sp³-hybridized carbons (Fsp3) is 0.667. The molecule has 2 aromatic rings. The summed E-state index contributed by atoms with van der Waals surface area (Å²) in [6.07, 6.45) is 12.9. The largest absolute Gasteiger partial charge is 0.446 e. The smallest absolute Gasteiger partial charge is 0.408 e. The Bertz CT molecular complexity index is 1150. The van der Waals surface area contributed by atoms with Crippen molar-refractivity contribution in [1.82, 2.24) is 15.6 Å². The molecule has 0 unspecified atom stereocenters. The van der Waals surface area contributed by atoms with Gasteiger partial charge in [-0.15, -0.1) is 0 Å². The van der Waals surface area contributed by atoms with E-state index in [1.165, 1.54) is 51.4 Å². The van der Waals surface area contributed by atoms with Crippen LogP contribution in [-0.4, -0.2) is 34.7 Å². The zero-order valence-corrected chi connectivity index (χ0v) is 21.3. The summed E-state index contributed by atoms with van der Waals surface area (Å²) in [5.74, 6) is 3.88. The lowest BCUT2D eigenvalue weighted by Gasteiger charge is -2.53. The number of carbonyl (C=O) groups excluding carboxylic acids is 2. The van der Waals surface area contributed by atoms with Crippen molar-refractivity contribution in [3.8, 4) is 0 Å². The third-order valence-corrected chi connectivity index (χ3v) is 10.5. The molecular weight excluding hydrogens is 450 g/mol. The highest BCUT2D eigenvalue weighted by molar-refractivity contribution is 5.91. The van der Waals surface area contributed by atoms with Gasteiger partial charge in [0.25, 0.3) is 0 Å². The van der Waals surface area contributed by atoms with Crippen molar-refractivity contribution in [3.63, 3.8) is 0 Å². The highest BCUT2D eigenvalue weighted by Crippen LogP contribution is 2.54. The Kier molecular flexibility index (Phi) is 5.37. The van der Waals surface area contributed by atoms with Crippen LogP contribution in [0.25, 0.3) is 10.9 Å². The number of amides is 2. The Hall–Kier alpha value is -2.50. The van der Waals surface area contributed by atoms with Crippen molar-refractivity contribution in [2.45, 2.75) is 88.8 Å². The van der Waals surface area contributed by atoms with Gasteiger partial charge in [-0.05, 0) is 105 Å². The molecule has 6 saturated carbocycles. The van der Waals surface area contributed by atoms with E-state index in [-0.39, 0.29) is 18.1 Å². The first-order chi connectivity index (χ1) is 17.4. The molecule has 6 aliphatic carbocycles. The number of hydrogen-bond donors (Lipinski definition) is 3. The van der Waals surface area contributed by atoms with E-state index in [0.29, 0.717) is 24.2 Å². The van der Waals surface area contributed by atoms with E-state index in [2.05, 4.69) is 21.7 Å². The molecule has 4 atom stereocenters. The van der Waals surface area contributed by atoms with Crippen molar-refractivity contribution in [2.75, 3.05) is 0 Å². The summed E-state index contributed by atoms with van der Waals surface area (Å²) in [4.78, 5) is 30.6. The number of carbonyl (C=O) groups is 2. The van der Waals surface area contributed by atoms with Crippen molar-refractivity contribution < 1.29 is 14.3 Å². The standard InChI is InChI=1S/C30H39N3O3/c1-30(15-23-16-31-25-5-3-2-4-24(23)25,28(34)32-26-14-17-6-7-20(26)9-17)33-29(35)36-27-21-10-18-8-19(12-21)13-22(27)11-18/h2-5,16-22,26-27,31H,6-15H2,1H3,(H,32,34)(H,33,35)/t17-,18?,19?,20+,21?,22?,26+,27?,30-/m1/s1. The van der Waals surface area contributed by atoms with Gasteiger partial charge in [-0.25, -0.2) is 4.79 Å². The average Bonchev–Trinajstić information content (AvgIpc) is 3.57. The Labute approximate surface area is 213 Å². The Morgan fingerprint density at radius 2 is 1.67 bits per heavy atom. The molecular formula is C30H39N3O3. The second-order valence-electron chi connectivity index (χ2n) is 13.0. The average molecular weight is 490 g/mol. The molecule has 0 aliphatic heterocycles. The monoisotopic (exact) mass is 489 g/mol. The maximum atomic E-state index is 13.8. The topological polar surface area (TPSA) is 83.2 Å². The van der Waals surface area contributed by atoms with Gasteiger partial charge in [-0.3, -0.25) is 4.79 Å². The number of aromatic nitrogens is 1. The first kappa shape index (κ1) is 22.7. The van der Waals surface area contributed by atoms with Crippen LogP contribution in [0.15, 0.2) is 30.5 Å². The number of rotatable bonds is 6. The molecule has 6 aliphatic rings. The molecule has 8 rings (SSSR count). The number of aromatic amines is 1. The van der Waals surface area contributed by atoms with Crippen molar-refractivity contribution in [2.24, 2.45) is 35.5 Å². The number of fused-ring (bicyclic) bond motifs is 3. The molecule has 6 nitrogen and oxygen atoms in total. The van der Waals surface area contributed by atoms with E-state index in [9.17, 15) is 9.59 Å². The number of nitrogens with one attached hydrogen (secondary N) is 3. The van der Waals surface area contributed by atoms with Crippen LogP contribution in [0.3, 0.4) is 0 Å². The summed E-state index contributed by atoms with van der Waals surface area (Å²) in [6.45, 7) is 1.87. The minimum Gasteiger partial charge on any atom is -0.446 e. The molecule has 1 aromatic heterocycles. The van der Waals surface area contributed by atoms with Gasteiger partial charge in [0, 0.05) is 29.6 Å². The number of hydrogen-bond acceptors (Lipinski definition) is 3. The van der Waals surface area contributed by atoms with Gasteiger partial charge in [0.2, 0.25) is 5.91 Å². The number of ether oxygens (including phenoxy) is 1. The lowest BCUT2D eigenvalue weighted by molar-refractivity contribution is -0.128. The highest BCUT2D eigenvalue weighted by atomic mass is 16.6. The van der Waals surface area contributed by atoms with Crippen LogP contribution in [0.4, 0.5) is 4.79 Å². The minimum atomic E-state index is -1.09. The normalized spacial score (nSPS) is 37.7. The van der Waals surface area contributed by atoms with Gasteiger partial charge in [0.1, 0.15) is 11.6 Å². The van der Waals surface area contributed by atoms with Crippen LogP contribution in [0.1, 0.15) is 70.3 Å². The minimum absolute atomic E-state index is 0.00349. The zero-order chi connectivity index (χ0) is 24.4. The maximum absolute atomic E-state index is 13.8. The van der Waals surface area contributed by atoms with Gasteiger partial charge in [-0.2, -0.15) is 0 Å². The summed E-state index contributed by atoms with van der Waals surface area (Å²) in [5.41, 5.74) is 0.987. The molecule has 36 heavy (non-hydrogen) atoms. The molecule has 6 fully saturated rings. The molecule has 2 amide bonds. The Morgan fingerprint density at radius 3 is 2.36 bits per heavy atom. The van der Waals surface area contributed by atoms with E-state index in [4.69, 9.17) is 4.74 Å². The molecule has 1 aromatic carbocycles. The Morgan fingerprint density at radius 1 is 0.944 bits per heavy atom. The first-order valence-electron chi connectivity index (χ1n) is 14.3. The summed E-state index contributed by atoms with van der Waals surface area (Å²) >= 11 is 0. The summed E-state index contributed by atoms with van der Waals surface area (Å²) in [7, 11) is 0. The van der Waals surface area contributed by atoms with Gasteiger partial charge in [0.05, 0.1) is 0 Å². The molecule has 6 heteroatoms. The molecule has 192 valence electrons. The second-order valence-corrected chi connectivity index (χ2v) is 13.0. The number of alkyl carbamates (subject to hydrolysis) is 1. The maximum Gasteiger partial charge on any atom is 0.408 e. The molecule has 3 N–H and O–H groups in total. The van der Waals surface area contributed by atoms with Crippen LogP contribution in [0.2, 0.25) is 0 Å². The van der Waals surface area contributed by atoms with E-state index in [1.54, 1.807) is 0 Å². The highest BCUT2D eigenvalue weighted by Gasteiger charge is 2.50. The van der Waals surface area contributed by atoms with Crippen molar-refractivity contribution in [1.29, 1.82) is 0 Å². The number of benzene rings is 1. The summed E-state index contributed by atoms with van der Waals surface area (Å²) in [6, 6.07) is 8.35. The van der Waals surface area contributed by atoms with E-state index in [0.717, 1.165) is 40.6 Å². The van der Waals surface area contributed by atoms with Crippen LogP contribution in [0, 0.1) is 35.5 Å². The van der Waals surface area contributed by atoms with E-state index in [1.807, 2.05) is 31.3 Å². The summed E-state index contributed by atoms with van der Waals surface area (Å²) in [5, 5.41) is 7.53. The van der Waals surface area contributed by atoms with Crippen LogP contribution in [-0.2, 0) is 16.0 Å². The van der Waals surface area contributed by atoms with Gasteiger partial charge in [-0.1, -0.05) is 24.6 Å². The van der Waals surface area contributed by atoms with Crippen LogP contribution >= 0.6 is 0 Å². The fourth-order valence-corrected chi connectivity index (χ4v) is 9.04. The van der Waals surface area contributed by atoms with Gasteiger partial charge in [0.15, 0.2) is 0 Å². The van der Waals surface area contributed by atoms with Gasteiger partial charge >= 0.3 is 6.09 Å². The lowest BCUT2D eigenvalue weighted by Crippen LogP contribution is -2.61. The molecule has 0 radical (unpaired) electrons. The van der Waals surface area contributed by atoms with E-state index >= 15 is 0 Å². The first-order valence-corrected chi connectivity index (χ1v) is 14.3. The predicted molar refractivity (Wildman–Crippen MR) is 138 cm³/mol. The fourth-order valence-electron chi connectivity index (χ4n) is 9.04. The van der Waals surface area contributed by atoms with Crippen LogP contribution in [0.5, 0.6) is 0 Å². The zero-order valence-electron chi connectivity index (χ0n) is 21.3. The Balaban J connectivity index is 1.10. The lowest BCUT2D eigenvalue weighted by atomic mass is 9.55. The molecule has 6 bridgehead atoms. The number of para-hydroxylation sites is 1. The summed E-state index contributed by atoms with van der Waals surface area (Å²) < 4.78 is 6.16. The van der Waals surface area contributed by atoms with Gasteiger partial charge < -0.3 is 20.4 Å². The molecule has 1 heterocycles. The molecule has 0 saturated heterocycles. The molecule has 0 spiro atoms. The quantitative estimate of drug-likeness (QED) is 0.513. The van der Waals surface area contributed by atoms with E-state index < -0.39 is 11.6 Å². The second kappa shape index (κ2) is 8.53. The third kappa shape index (κ3) is 3.92. The van der Waals surface area contributed by atoms with Crippen LogP contribution < -0.4 is 10.6 Å². The van der Waals surface area contributed by atoms with Crippen molar-refractivity contribution >= 4 is 22.9 Å².